The molecular formula is C28H30N2O3. The summed E-state index contributed by atoms with van der Waals surface area (Å²) in [6.45, 7) is 6.08. The van der Waals surface area contributed by atoms with Crippen molar-refractivity contribution in [3.8, 4) is 11.5 Å². The molecule has 0 aliphatic heterocycles. The van der Waals surface area contributed by atoms with Crippen molar-refractivity contribution in [1.29, 1.82) is 0 Å². The van der Waals surface area contributed by atoms with Crippen molar-refractivity contribution in [2.75, 3.05) is 14.2 Å². The molecule has 0 fully saturated rings. The van der Waals surface area contributed by atoms with E-state index in [0.29, 0.717) is 24.6 Å². The molecule has 1 N–H and O–H groups in total. The molecule has 3 aromatic carbocycles. The zero-order valence-electron chi connectivity index (χ0n) is 19.6. The molecule has 0 aliphatic rings. The average molecular weight is 443 g/mol. The average Bonchev–Trinajstić information content (AvgIpc) is 2.81. The Morgan fingerprint density at radius 2 is 1.45 bits per heavy atom. The fourth-order valence-corrected chi connectivity index (χ4v) is 4.29. The number of aromatic nitrogens is 1. The van der Waals surface area contributed by atoms with Crippen LogP contribution in [-0.4, -0.2) is 24.1 Å². The molecule has 0 spiro atoms. The van der Waals surface area contributed by atoms with Crippen molar-refractivity contribution in [3.63, 3.8) is 0 Å². The summed E-state index contributed by atoms with van der Waals surface area (Å²) in [6, 6.07) is 22.2. The predicted molar refractivity (Wildman–Crippen MR) is 133 cm³/mol. The summed E-state index contributed by atoms with van der Waals surface area (Å²) in [5, 5.41) is 0.772. The number of hydrogen-bond acceptors (Lipinski definition) is 4. The van der Waals surface area contributed by atoms with Crippen LogP contribution in [0.15, 0.2) is 71.5 Å². The number of pyridine rings is 1. The smallest absolute Gasteiger partial charge is 0.189 e. The zero-order chi connectivity index (χ0) is 23.4. The summed E-state index contributed by atoms with van der Waals surface area (Å²) < 4.78 is 10.9. The summed E-state index contributed by atoms with van der Waals surface area (Å²) in [7, 11) is 3.28. The van der Waals surface area contributed by atoms with E-state index in [4.69, 9.17) is 9.47 Å². The van der Waals surface area contributed by atoms with E-state index in [2.05, 4.69) is 34.1 Å². The highest BCUT2D eigenvalue weighted by atomic mass is 16.5. The van der Waals surface area contributed by atoms with Gasteiger partial charge in [0.1, 0.15) is 0 Å². The van der Waals surface area contributed by atoms with Gasteiger partial charge in [0.15, 0.2) is 16.9 Å². The van der Waals surface area contributed by atoms with Crippen molar-refractivity contribution in [2.45, 2.75) is 33.5 Å². The maximum Gasteiger partial charge on any atom is 0.189 e. The normalized spacial score (nSPS) is 11.2. The number of hydrogen-bond donors (Lipinski definition) is 1. The second kappa shape index (κ2) is 9.92. The number of benzene rings is 3. The van der Waals surface area contributed by atoms with Gasteiger partial charge < -0.3 is 14.5 Å². The number of ether oxygens (including phenoxy) is 2. The fraction of sp³-hybridized carbons (Fsp3) is 0.250. The maximum atomic E-state index is 13.0. The number of aryl methyl sites for hydroxylation is 2. The Balaban J connectivity index is 1.68. The van der Waals surface area contributed by atoms with Crippen LogP contribution in [0.25, 0.3) is 10.9 Å². The first-order valence-corrected chi connectivity index (χ1v) is 11.1. The largest absolute Gasteiger partial charge is 0.493 e. The lowest BCUT2D eigenvalue weighted by Crippen LogP contribution is -2.24. The summed E-state index contributed by atoms with van der Waals surface area (Å²) in [6.07, 6.45) is 0. The highest BCUT2D eigenvalue weighted by molar-refractivity contribution is 5.84. The van der Waals surface area contributed by atoms with E-state index in [1.807, 2.05) is 50.2 Å². The molecule has 0 unspecified atom stereocenters. The first-order valence-electron chi connectivity index (χ1n) is 11.1. The van der Waals surface area contributed by atoms with Crippen molar-refractivity contribution in [3.05, 3.63) is 105 Å². The van der Waals surface area contributed by atoms with Crippen molar-refractivity contribution in [2.24, 2.45) is 0 Å². The van der Waals surface area contributed by atoms with Crippen LogP contribution < -0.4 is 14.9 Å². The van der Waals surface area contributed by atoms with E-state index in [1.54, 1.807) is 20.3 Å². The lowest BCUT2D eigenvalue weighted by atomic mass is 10.0. The Bertz CT molecular complexity index is 1310. The number of aromatic amines is 1. The van der Waals surface area contributed by atoms with E-state index in [9.17, 15) is 4.79 Å². The molecule has 0 atom stereocenters. The molecule has 4 rings (SSSR count). The SMILES string of the molecule is COc1ccc(CN(Cc2ccccc2)Cc2cc(=O)c3c(C)ccc(C)c3[nH]2)cc1OC. The maximum absolute atomic E-state index is 13.0. The predicted octanol–water partition coefficient (Wildman–Crippen LogP) is 5.36. The Kier molecular flexibility index (Phi) is 6.80. The number of rotatable bonds is 8. The molecular weight excluding hydrogens is 412 g/mol. The fourth-order valence-electron chi connectivity index (χ4n) is 4.29. The lowest BCUT2D eigenvalue weighted by Gasteiger charge is -2.23. The van der Waals surface area contributed by atoms with Crippen molar-refractivity contribution < 1.29 is 9.47 Å². The van der Waals surface area contributed by atoms with Crippen LogP contribution in [0.4, 0.5) is 0 Å². The van der Waals surface area contributed by atoms with Gasteiger partial charge in [-0.2, -0.15) is 0 Å². The molecule has 0 bridgehead atoms. The minimum atomic E-state index is 0.0609. The Morgan fingerprint density at radius 1 is 0.758 bits per heavy atom. The third-order valence-corrected chi connectivity index (χ3v) is 5.96. The van der Waals surface area contributed by atoms with Crippen LogP contribution in [-0.2, 0) is 19.6 Å². The number of fused-ring (bicyclic) bond motifs is 1. The molecule has 0 amide bonds. The van der Waals surface area contributed by atoms with Gasteiger partial charge in [-0.05, 0) is 48.2 Å². The Labute approximate surface area is 194 Å². The van der Waals surface area contributed by atoms with Gasteiger partial charge in [0.2, 0.25) is 0 Å². The second-order valence-electron chi connectivity index (χ2n) is 8.43. The van der Waals surface area contributed by atoms with E-state index in [0.717, 1.165) is 39.8 Å². The number of H-pyrrole nitrogens is 1. The monoisotopic (exact) mass is 442 g/mol. The minimum Gasteiger partial charge on any atom is -0.493 e. The molecule has 0 radical (unpaired) electrons. The first-order chi connectivity index (χ1) is 16.0. The molecule has 0 aliphatic carbocycles. The molecule has 5 nitrogen and oxygen atoms in total. The third kappa shape index (κ3) is 5.10. The van der Waals surface area contributed by atoms with Crippen LogP contribution in [0, 0.1) is 13.8 Å². The van der Waals surface area contributed by atoms with Gasteiger partial charge in [0.25, 0.3) is 0 Å². The lowest BCUT2D eigenvalue weighted by molar-refractivity contribution is 0.244. The standard InChI is InChI=1S/C28H30N2O3/c1-19-10-11-20(2)28-27(19)24(31)15-23(29-28)18-30(16-21-8-6-5-7-9-21)17-22-12-13-25(32-3)26(14-22)33-4/h5-15H,16-18H2,1-4H3,(H,29,31). The van der Waals surface area contributed by atoms with E-state index in [1.165, 1.54) is 5.56 Å². The summed E-state index contributed by atoms with van der Waals surface area (Å²) >= 11 is 0. The summed E-state index contributed by atoms with van der Waals surface area (Å²) in [4.78, 5) is 18.8. The van der Waals surface area contributed by atoms with Gasteiger partial charge in [-0.3, -0.25) is 9.69 Å². The van der Waals surface area contributed by atoms with Crippen LogP contribution in [0.1, 0.15) is 27.9 Å². The molecule has 4 aromatic rings. The third-order valence-electron chi connectivity index (χ3n) is 5.96. The number of nitrogens with zero attached hydrogens (tertiary/aromatic N) is 1. The summed E-state index contributed by atoms with van der Waals surface area (Å²) in [5.74, 6) is 1.42. The van der Waals surface area contributed by atoms with E-state index < -0.39 is 0 Å². The Hall–Kier alpha value is -3.57. The molecule has 1 aromatic heterocycles. The van der Waals surface area contributed by atoms with Crippen molar-refractivity contribution in [1.82, 2.24) is 9.88 Å². The molecule has 170 valence electrons. The zero-order valence-corrected chi connectivity index (χ0v) is 19.6. The van der Waals surface area contributed by atoms with Crippen LogP contribution in [0.5, 0.6) is 11.5 Å². The van der Waals surface area contributed by atoms with Gasteiger partial charge in [-0.1, -0.05) is 48.5 Å². The Morgan fingerprint density at radius 3 is 2.18 bits per heavy atom. The number of nitrogens with one attached hydrogen (secondary N) is 1. The van der Waals surface area contributed by atoms with E-state index >= 15 is 0 Å². The van der Waals surface area contributed by atoms with E-state index in [-0.39, 0.29) is 5.43 Å². The van der Waals surface area contributed by atoms with Crippen molar-refractivity contribution >= 4 is 10.9 Å². The molecule has 5 heteroatoms. The summed E-state index contributed by atoms with van der Waals surface area (Å²) in [5.41, 5.74) is 6.28. The molecule has 33 heavy (non-hydrogen) atoms. The minimum absolute atomic E-state index is 0.0609. The quantitative estimate of drug-likeness (QED) is 0.399. The second-order valence-corrected chi connectivity index (χ2v) is 8.43. The van der Waals surface area contributed by atoms with Crippen LogP contribution >= 0.6 is 0 Å². The number of methoxy groups -OCH3 is 2. The highest BCUT2D eigenvalue weighted by Gasteiger charge is 2.14. The van der Waals surface area contributed by atoms with Gasteiger partial charge in [-0.15, -0.1) is 0 Å². The highest BCUT2D eigenvalue weighted by Crippen LogP contribution is 2.28. The molecule has 1 heterocycles. The van der Waals surface area contributed by atoms with Gasteiger partial charge >= 0.3 is 0 Å². The van der Waals surface area contributed by atoms with Crippen LogP contribution in [0.3, 0.4) is 0 Å². The van der Waals surface area contributed by atoms with Gasteiger partial charge in [0.05, 0.1) is 19.7 Å². The molecule has 0 saturated carbocycles. The first kappa shape index (κ1) is 22.6. The van der Waals surface area contributed by atoms with Crippen LogP contribution in [0.2, 0.25) is 0 Å². The topological polar surface area (TPSA) is 54.6 Å². The van der Waals surface area contributed by atoms with Gasteiger partial charge in [0, 0.05) is 36.8 Å². The van der Waals surface area contributed by atoms with Gasteiger partial charge in [-0.25, -0.2) is 0 Å². The molecule has 0 saturated heterocycles.